The summed E-state index contributed by atoms with van der Waals surface area (Å²) in [7, 11) is 1.66. The Morgan fingerprint density at radius 2 is 1.31 bits per heavy atom. The van der Waals surface area contributed by atoms with E-state index in [1.807, 2.05) is 55.5 Å². The van der Waals surface area contributed by atoms with Gasteiger partial charge in [-0.05, 0) is 48.6 Å². The molecule has 0 aliphatic heterocycles. The molecule has 0 N–H and O–H groups in total. The zero-order valence-electron chi connectivity index (χ0n) is 17.1. The zero-order valence-corrected chi connectivity index (χ0v) is 17.1. The Morgan fingerprint density at radius 3 is 1.76 bits per heavy atom. The molecule has 0 spiro atoms. The molecule has 3 heteroatoms. The van der Waals surface area contributed by atoms with Crippen LogP contribution in [0, 0.1) is 0 Å². The number of esters is 1. The molecule has 0 saturated heterocycles. The van der Waals surface area contributed by atoms with Crippen LogP contribution < -0.4 is 4.74 Å². The highest BCUT2D eigenvalue weighted by molar-refractivity contribution is 5.72. The molecule has 3 nitrogen and oxygen atoms in total. The van der Waals surface area contributed by atoms with E-state index >= 15 is 0 Å². The molecule has 0 heterocycles. The summed E-state index contributed by atoms with van der Waals surface area (Å²) >= 11 is 0. The summed E-state index contributed by atoms with van der Waals surface area (Å²) in [4.78, 5) is 12.7. The van der Waals surface area contributed by atoms with Gasteiger partial charge in [-0.15, -0.1) is 0 Å². The molecule has 0 unspecified atom stereocenters. The molecule has 0 fully saturated rings. The van der Waals surface area contributed by atoms with Gasteiger partial charge < -0.3 is 9.47 Å². The standard InChI is InChI=1S/C26H28O3/c1-3-29-25(27)20-26(18-21-10-6-4-7-11-21,19-22-12-8-5-9-13-22)23-14-16-24(28-2)17-15-23/h4-17H,3,18-20H2,1-2H3. The molecule has 0 aliphatic rings. The summed E-state index contributed by atoms with van der Waals surface area (Å²) in [6, 6.07) is 28.8. The van der Waals surface area contributed by atoms with E-state index in [2.05, 4.69) is 36.4 Å². The fourth-order valence-corrected chi connectivity index (χ4v) is 3.90. The minimum Gasteiger partial charge on any atom is -0.497 e. The van der Waals surface area contributed by atoms with Crippen LogP contribution in [0.3, 0.4) is 0 Å². The van der Waals surface area contributed by atoms with Crippen molar-refractivity contribution >= 4 is 5.97 Å². The maximum Gasteiger partial charge on any atom is 0.306 e. The largest absolute Gasteiger partial charge is 0.497 e. The summed E-state index contributed by atoms with van der Waals surface area (Å²) in [5.41, 5.74) is 3.09. The van der Waals surface area contributed by atoms with Crippen LogP contribution in [0.4, 0.5) is 0 Å². The Kier molecular flexibility index (Phi) is 7.07. The summed E-state index contributed by atoms with van der Waals surface area (Å²) in [6.45, 7) is 2.23. The van der Waals surface area contributed by atoms with E-state index in [1.165, 1.54) is 11.1 Å². The molecular weight excluding hydrogens is 360 g/mol. The van der Waals surface area contributed by atoms with Gasteiger partial charge in [0.1, 0.15) is 5.75 Å². The lowest BCUT2D eigenvalue weighted by Crippen LogP contribution is -2.35. The molecule has 0 aromatic heterocycles. The van der Waals surface area contributed by atoms with E-state index in [0.717, 1.165) is 24.2 Å². The minimum absolute atomic E-state index is 0.171. The van der Waals surface area contributed by atoms with Crippen molar-refractivity contribution in [1.29, 1.82) is 0 Å². The fourth-order valence-electron chi connectivity index (χ4n) is 3.90. The summed E-state index contributed by atoms with van der Waals surface area (Å²) in [5, 5.41) is 0. The van der Waals surface area contributed by atoms with Crippen molar-refractivity contribution in [3.05, 3.63) is 102 Å². The summed E-state index contributed by atoms with van der Waals surface area (Å²) in [5.74, 6) is 0.633. The first-order valence-corrected chi connectivity index (χ1v) is 10.0. The van der Waals surface area contributed by atoms with Crippen molar-refractivity contribution in [3.8, 4) is 5.75 Å². The van der Waals surface area contributed by atoms with E-state index in [0.29, 0.717) is 13.0 Å². The number of hydrogen-bond donors (Lipinski definition) is 0. The van der Waals surface area contributed by atoms with Crippen molar-refractivity contribution in [2.24, 2.45) is 0 Å². The Morgan fingerprint density at radius 1 is 0.793 bits per heavy atom. The van der Waals surface area contributed by atoms with Crippen LogP contribution in [0.25, 0.3) is 0 Å². The molecule has 0 atom stereocenters. The van der Waals surface area contributed by atoms with Gasteiger partial charge in [-0.3, -0.25) is 4.79 Å². The van der Waals surface area contributed by atoms with Gasteiger partial charge in [-0.2, -0.15) is 0 Å². The molecule has 0 amide bonds. The molecule has 0 bridgehead atoms. The quantitative estimate of drug-likeness (QED) is 0.462. The molecule has 0 radical (unpaired) electrons. The van der Waals surface area contributed by atoms with E-state index in [-0.39, 0.29) is 5.97 Å². The highest BCUT2D eigenvalue weighted by atomic mass is 16.5. The van der Waals surface area contributed by atoms with Gasteiger partial charge in [0.25, 0.3) is 0 Å². The fraction of sp³-hybridized carbons (Fsp3) is 0.269. The maximum absolute atomic E-state index is 12.7. The predicted octanol–water partition coefficient (Wildman–Crippen LogP) is 5.37. The second-order valence-corrected chi connectivity index (χ2v) is 7.32. The highest BCUT2D eigenvalue weighted by Gasteiger charge is 2.36. The Bertz CT molecular complexity index is 845. The van der Waals surface area contributed by atoms with Crippen molar-refractivity contribution in [1.82, 2.24) is 0 Å². The Balaban J connectivity index is 2.08. The van der Waals surface area contributed by atoms with Crippen LogP contribution >= 0.6 is 0 Å². The Labute approximate surface area is 173 Å². The second-order valence-electron chi connectivity index (χ2n) is 7.32. The molecule has 29 heavy (non-hydrogen) atoms. The van der Waals surface area contributed by atoms with Gasteiger partial charge in [0.2, 0.25) is 0 Å². The smallest absolute Gasteiger partial charge is 0.306 e. The number of carbonyl (C=O) groups is 1. The van der Waals surface area contributed by atoms with Crippen molar-refractivity contribution in [2.45, 2.75) is 31.6 Å². The summed E-state index contributed by atoms with van der Waals surface area (Å²) < 4.78 is 10.7. The molecule has 3 aromatic rings. The van der Waals surface area contributed by atoms with Crippen molar-refractivity contribution < 1.29 is 14.3 Å². The van der Waals surface area contributed by atoms with Gasteiger partial charge in [0, 0.05) is 5.41 Å². The van der Waals surface area contributed by atoms with Gasteiger partial charge in [-0.25, -0.2) is 0 Å². The first-order chi connectivity index (χ1) is 14.1. The van der Waals surface area contributed by atoms with Crippen molar-refractivity contribution in [3.63, 3.8) is 0 Å². The second kappa shape index (κ2) is 9.92. The highest BCUT2D eigenvalue weighted by Crippen LogP contribution is 2.37. The summed E-state index contributed by atoms with van der Waals surface area (Å²) in [6.07, 6.45) is 1.80. The van der Waals surface area contributed by atoms with Gasteiger partial charge in [-0.1, -0.05) is 72.8 Å². The normalized spacial score (nSPS) is 11.1. The molecule has 150 valence electrons. The minimum atomic E-state index is -0.415. The topological polar surface area (TPSA) is 35.5 Å². The molecular formula is C26H28O3. The third kappa shape index (κ3) is 5.47. The van der Waals surface area contributed by atoms with Crippen LogP contribution in [0.1, 0.15) is 30.0 Å². The number of hydrogen-bond acceptors (Lipinski definition) is 3. The number of carbonyl (C=O) groups excluding carboxylic acids is 1. The predicted molar refractivity (Wildman–Crippen MR) is 116 cm³/mol. The molecule has 3 rings (SSSR count). The molecule has 3 aromatic carbocycles. The SMILES string of the molecule is CCOC(=O)CC(Cc1ccccc1)(Cc1ccccc1)c1ccc(OC)cc1. The van der Waals surface area contributed by atoms with Gasteiger partial charge in [0.05, 0.1) is 20.1 Å². The third-order valence-electron chi connectivity index (χ3n) is 5.26. The maximum atomic E-state index is 12.7. The lowest BCUT2D eigenvalue weighted by atomic mass is 9.69. The van der Waals surface area contributed by atoms with E-state index < -0.39 is 5.41 Å². The third-order valence-corrected chi connectivity index (χ3v) is 5.26. The van der Waals surface area contributed by atoms with E-state index in [4.69, 9.17) is 9.47 Å². The first kappa shape index (κ1) is 20.7. The first-order valence-electron chi connectivity index (χ1n) is 10.0. The number of ether oxygens (including phenoxy) is 2. The van der Waals surface area contributed by atoms with Crippen LogP contribution in [-0.4, -0.2) is 19.7 Å². The lowest BCUT2D eigenvalue weighted by molar-refractivity contribution is -0.144. The number of rotatable bonds is 9. The van der Waals surface area contributed by atoms with Gasteiger partial charge in [0.15, 0.2) is 0 Å². The zero-order chi connectivity index (χ0) is 20.5. The average molecular weight is 389 g/mol. The van der Waals surface area contributed by atoms with Crippen LogP contribution in [-0.2, 0) is 27.8 Å². The van der Waals surface area contributed by atoms with Crippen LogP contribution in [0.15, 0.2) is 84.9 Å². The monoisotopic (exact) mass is 388 g/mol. The van der Waals surface area contributed by atoms with Crippen molar-refractivity contribution in [2.75, 3.05) is 13.7 Å². The number of benzene rings is 3. The molecule has 0 saturated carbocycles. The van der Waals surface area contributed by atoms with Crippen LogP contribution in [0.2, 0.25) is 0 Å². The van der Waals surface area contributed by atoms with E-state index in [9.17, 15) is 4.79 Å². The number of methoxy groups -OCH3 is 1. The van der Waals surface area contributed by atoms with Crippen LogP contribution in [0.5, 0.6) is 5.75 Å². The van der Waals surface area contributed by atoms with E-state index in [1.54, 1.807) is 7.11 Å². The van der Waals surface area contributed by atoms with Gasteiger partial charge >= 0.3 is 5.97 Å². The Hall–Kier alpha value is -3.07. The molecule has 0 aliphatic carbocycles. The average Bonchev–Trinajstić information content (AvgIpc) is 2.75. The lowest BCUT2D eigenvalue weighted by Gasteiger charge is -2.34.